The molecule has 0 amide bonds. The molecule has 0 aliphatic rings. The summed E-state index contributed by atoms with van der Waals surface area (Å²) in [5.41, 5.74) is 0. The van der Waals surface area contributed by atoms with Crippen LogP contribution in [0.2, 0.25) is 0 Å². The molecule has 0 aliphatic carbocycles. The van der Waals surface area contributed by atoms with Crippen molar-refractivity contribution >= 4 is 28.2 Å². The third-order valence-corrected chi connectivity index (χ3v) is 4.73. The Kier molecular flexibility index (Phi) is 6.37. The molecular weight excluding hydrogens is 306 g/mol. The predicted molar refractivity (Wildman–Crippen MR) is 85.5 cm³/mol. The zero-order valence-electron chi connectivity index (χ0n) is 12.6. The van der Waals surface area contributed by atoms with Gasteiger partial charge in [0.15, 0.2) is 10.2 Å². The van der Waals surface area contributed by atoms with Crippen molar-refractivity contribution in [2.75, 3.05) is 11.9 Å². The highest BCUT2D eigenvalue weighted by Gasteiger charge is 2.10. The summed E-state index contributed by atoms with van der Waals surface area (Å²) < 4.78 is 2.81. The van der Waals surface area contributed by atoms with Crippen molar-refractivity contribution < 1.29 is 0 Å². The normalized spacial score (nSPS) is 11.2. The summed E-state index contributed by atoms with van der Waals surface area (Å²) in [7, 11) is 0. The Hall–Kier alpha value is -1.22. The highest BCUT2D eigenvalue weighted by Crippen LogP contribution is 2.27. The van der Waals surface area contributed by atoms with Crippen molar-refractivity contribution in [3.8, 4) is 0 Å². The van der Waals surface area contributed by atoms with Gasteiger partial charge in [-0.2, -0.15) is 0 Å². The molecule has 1 N–H and O–H groups in total. The first kappa shape index (κ1) is 16.2. The van der Waals surface area contributed by atoms with Crippen LogP contribution in [0.4, 0.5) is 5.13 Å². The third kappa shape index (κ3) is 5.24. The van der Waals surface area contributed by atoms with Crippen LogP contribution in [-0.4, -0.2) is 36.9 Å². The molecule has 21 heavy (non-hydrogen) atoms. The second-order valence-corrected chi connectivity index (χ2v) is 7.31. The summed E-state index contributed by atoms with van der Waals surface area (Å²) >= 11 is 3.19. The van der Waals surface area contributed by atoms with Crippen LogP contribution in [0.3, 0.4) is 0 Å². The van der Waals surface area contributed by atoms with E-state index in [4.69, 9.17) is 0 Å². The van der Waals surface area contributed by atoms with E-state index >= 15 is 0 Å². The lowest BCUT2D eigenvalue weighted by molar-refractivity contribution is 0.540. The minimum Gasteiger partial charge on any atom is -0.360 e. The van der Waals surface area contributed by atoms with Crippen LogP contribution in [0.15, 0.2) is 4.34 Å². The minimum absolute atomic E-state index is 0.591. The van der Waals surface area contributed by atoms with Crippen LogP contribution in [0.25, 0.3) is 0 Å². The van der Waals surface area contributed by atoms with Crippen molar-refractivity contribution in [1.29, 1.82) is 0 Å². The number of unbranched alkanes of at least 4 members (excludes halogenated alkanes) is 1. The Bertz CT molecular complexity index is 537. The van der Waals surface area contributed by atoms with Crippen LogP contribution in [0.1, 0.15) is 39.4 Å². The molecule has 0 atom stereocenters. The first-order valence-electron chi connectivity index (χ1n) is 7.14. The number of aromatic nitrogens is 6. The van der Waals surface area contributed by atoms with Gasteiger partial charge in [-0.15, -0.1) is 15.3 Å². The van der Waals surface area contributed by atoms with Gasteiger partial charge < -0.3 is 5.32 Å². The number of rotatable bonds is 9. The Labute approximate surface area is 132 Å². The topological polar surface area (TPSA) is 81.4 Å². The maximum absolute atomic E-state index is 4.18. The number of nitrogens with zero attached hydrogens (tertiary/aromatic N) is 6. The number of aryl methyl sites for hydroxylation is 1. The molecule has 0 aromatic carbocycles. The predicted octanol–water partition coefficient (Wildman–Crippen LogP) is 2.68. The van der Waals surface area contributed by atoms with E-state index in [1.165, 1.54) is 0 Å². The summed E-state index contributed by atoms with van der Waals surface area (Å²) in [6.45, 7) is 8.27. The van der Waals surface area contributed by atoms with E-state index in [1.54, 1.807) is 23.1 Å². The van der Waals surface area contributed by atoms with E-state index in [1.807, 2.05) is 4.68 Å². The lowest BCUT2D eigenvalue weighted by Gasteiger charge is -2.03. The highest BCUT2D eigenvalue weighted by atomic mass is 32.2. The molecule has 0 unspecified atom stereocenters. The maximum atomic E-state index is 4.18. The summed E-state index contributed by atoms with van der Waals surface area (Å²) in [5, 5.41) is 24.3. The number of anilines is 1. The van der Waals surface area contributed by atoms with Gasteiger partial charge in [0.1, 0.15) is 0 Å². The lowest BCUT2D eigenvalue weighted by Crippen LogP contribution is -2.07. The van der Waals surface area contributed by atoms with Crippen LogP contribution >= 0.6 is 23.1 Å². The first-order valence-corrected chi connectivity index (χ1v) is 8.94. The largest absolute Gasteiger partial charge is 0.360 e. The number of nitrogens with one attached hydrogen (secondary N) is 1. The van der Waals surface area contributed by atoms with E-state index < -0.39 is 0 Å². The Balaban J connectivity index is 1.84. The summed E-state index contributed by atoms with van der Waals surface area (Å²) in [6.07, 6.45) is 2.22. The van der Waals surface area contributed by atoms with Gasteiger partial charge in [0, 0.05) is 13.1 Å². The van der Waals surface area contributed by atoms with E-state index in [0.29, 0.717) is 5.92 Å². The molecule has 2 aromatic heterocycles. The first-order chi connectivity index (χ1) is 10.2. The summed E-state index contributed by atoms with van der Waals surface area (Å²) in [4.78, 5) is 0. The number of hydrogen-bond donors (Lipinski definition) is 1. The van der Waals surface area contributed by atoms with Crippen LogP contribution < -0.4 is 5.32 Å². The molecule has 0 saturated heterocycles. The summed E-state index contributed by atoms with van der Waals surface area (Å²) in [6, 6.07) is 0. The quantitative estimate of drug-likeness (QED) is 0.709. The smallest absolute Gasteiger partial charge is 0.206 e. The molecular formula is C12H21N7S2. The molecule has 0 spiro atoms. The number of hydrogen-bond acceptors (Lipinski definition) is 8. The molecule has 116 valence electrons. The average Bonchev–Trinajstić information content (AvgIpc) is 3.09. The monoisotopic (exact) mass is 327 g/mol. The Morgan fingerprint density at radius 3 is 2.90 bits per heavy atom. The van der Waals surface area contributed by atoms with Crippen molar-refractivity contribution in [2.24, 2.45) is 5.92 Å². The molecule has 7 nitrogen and oxygen atoms in total. The third-order valence-electron chi connectivity index (χ3n) is 2.72. The second-order valence-electron chi connectivity index (χ2n) is 5.11. The zero-order chi connectivity index (χ0) is 15.1. The minimum atomic E-state index is 0.591. The Morgan fingerprint density at radius 1 is 1.29 bits per heavy atom. The van der Waals surface area contributed by atoms with Gasteiger partial charge in [-0.05, 0) is 22.8 Å². The second kappa shape index (κ2) is 8.28. The van der Waals surface area contributed by atoms with Gasteiger partial charge >= 0.3 is 0 Å². The van der Waals surface area contributed by atoms with Crippen LogP contribution in [0, 0.1) is 5.92 Å². The molecule has 9 heteroatoms. The zero-order valence-corrected chi connectivity index (χ0v) is 14.2. The van der Waals surface area contributed by atoms with Gasteiger partial charge in [0.2, 0.25) is 5.13 Å². The standard InChI is InChI=1S/C12H21N7S2/c1-4-5-6-19-10(14-17-18-19)8-20-12-16-15-11(21-12)13-7-9(2)3/h9H,4-8H2,1-3H3,(H,13,15). The highest BCUT2D eigenvalue weighted by molar-refractivity contribution is 8.00. The molecule has 0 radical (unpaired) electrons. The summed E-state index contributed by atoms with van der Waals surface area (Å²) in [5.74, 6) is 2.20. The fraction of sp³-hybridized carbons (Fsp3) is 0.750. The average molecular weight is 327 g/mol. The van der Waals surface area contributed by atoms with E-state index in [9.17, 15) is 0 Å². The molecule has 0 aliphatic heterocycles. The van der Waals surface area contributed by atoms with Gasteiger partial charge in [0.25, 0.3) is 0 Å². The van der Waals surface area contributed by atoms with E-state index in [-0.39, 0.29) is 0 Å². The fourth-order valence-corrected chi connectivity index (χ4v) is 3.26. The van der Waals surface area contributed by atoms with Gasteiger partial charge in [-0.3, -0.25) is 0 Å². The molecule has 0 saturated carbocycles. The van der Waals surface area contributed by atoms with Crippen molar-refractivity contribution in [3.63, 3.8) is 0 Å². The van der Waals surface area contributed by atoms with Gasteiger partial charge in [-0.1, -0.05) is 50.3 Å². The van der Waals surface area contributed by atoms with Crippen LogP contribution in [0.5, 0.6) is 0 Å². The van der Waals surface area contributed by atoms with Gasteiger partial charge in [0.05, 0.1) is 5.75 Å². The van der Waals surface area contributed by atoms with E-state index in [0.717, 1.165) is 47.0 Å². The Morgan fingerprint density at radius 2 is 2.14 bits per heavy atom. The lowest BCUT2D eigenvalue weighted by atomic mass is 10.2. The van der Waals surface area contributed by atoms with Crippen molar-refractivity contribution in [2.45, 2.75) is 50.3 Å². The molecule has 2 heterocycles. The molecule has 0 fully saturated rings. The maximum Gasteiger partial charge on any atom is 0.206 e. The SMILES string of the molecule is CCCCn1nnnc1CSc1nnc(NCC(C)C)s1. The number of thioether (sulfide) groups is 1. The van der Waals surface area contributed by atoms with Gasteiger partial charge in [-0.25, -0.2) is 4.68 Å². The van der Waals surface area contributed by atoms with Crippen molar-refractivity contribution in [3.05, 3.63) is 5.82 Å². The molecule has 2 aromatic rings. The van der Waals surface area contributed by atoms with Crippen LogP contribution in [-0.2, 0) is 12.3 Å². The fourth-order valence-electron chi connectivity index (χ4n) is 1.57. The molecule has 2 rings (SSSR count). The van der Waals surface area contributed by atoms with Crippen molar-refractivity contribution in [1.82, 2.24) is 30.4 Å². The molecule has 0 bridgehead atoms. The number of tetrazole rings is 1. The van der Waals surface area contributed by atoms with E-state index in [2.05, 4.69) is 51.8 Å².